The van der Waals surface area contributed by atoms with Gasteiger partial charge >= 0.3 is 17.9 Å². The zero-order valence-corrected chi connectivity index (χ0v) is 23.9. The molecule has 2 saturated carbocycles. The molecule has 3 aliphatic heterocycles. The van der Waals surface area contributed by atoms with Crippen LogP contribution in [0.2, 0.25) is 0 Å². The first-order valence-electron chi connectivity index (χ1n) is 14.5. The van der Waals surface area contributed by atoms with Crippen LogP contribution in [0.25, 0.3) is 0 Å². The zero-order valence-electron chi connectivity index (χ0n) is 23.9. The number of hydrogen-bond acceptors (Lipinski definition) is 11. The Morgan fingerprint density at radius 3 is 2.63 bits per heavy atom. The van der Waals surface area contributed by atoms with Crippen LogP contribution >= 0.6 is 0 Å². The van der Waals surface area contributed by atoms with Crippen molar-refractivity contribution in [3.63, 3.8) is 0 Å². The van der Waals surface area contributed by atoms with Crippen LogP contribution in [0.4, 0.5) is 0 Å². The first-order valence-corrected chi connectivity index (χ1v) is 14.5. The summed E-state index contributed by atoms with van der Waals surface area (Å²) in [5.41, 5.74) is -1.72. The van der Waals surface area contributed by atoms with Crippen molar-refractivity contribution in [1.29, 1.82) is 0 Å². The lowest BCUT2D eigenvalue weighted by atomic mass is 9.42. The third-order valence-corrected chi connectivity index (χ3v) is 10.7. The monoisotopic (exact) mass is 573 g/mol. The van der Waals surface area contributed by atoms with Crippen molar-refractivity contribution < 1.29 is 47.9 Å². The fraction of sp³-hybridized carbons (Fsp3) is 0.733. The summed E-state index contributed by atoms with van der Waals surface area (Å²) in [4.78, 5) is 41.3. The lowest BCUT2D eigenvalue weighted by Gasteiger charge is -2.64. The number of nitrogens with zero attached hydrogens (tertiary/aromatic N) is 1. The van der Waals surface area contributed by atoms with E-state index in [9.17, 15) is 19.5 Å². The van der Waals surface area contributed by atoms with Gasteiger partial charge in [-0.2, -0.15) is 0 Å². The van der Waals surface area contributed by atoms with Crippen molar-refractivity contribution in [2.24, 2.45) is 28.6 Å². The number of esters is 3. The van der Waals surface area contributed by atoms with Crippen LogP contribution in [0, 0.1) is 28.6 Å². The molecular weight excluding hydrogens is 534 g/mol. The van der Waals surface area contributed by atoms with Gasteiger partial charge in [-0.1, -0.05) is 20.3 Å². The molecule has 0 amide bonds. The average Bonchev–Trinajstić information content (AvgIpc) is 3.48. The minimum atomic E-state index is -0.989. The van der Waals surface area contributed by atoms with Crippen molar-refractivity contribution in [2.45, 2.75) is 89.7 Å². The number of pyridine rings is 1. The van der Waals surface area contributed by atoms with E-state index in [-0.39, 0.29) is 25.0 Å². The van der Waals surface area contributed by atoms with Gasteiger partial charge in [0.25, 0.3) is 0 Å². The Morgan fingerprint density at radius 2 is 1.98 bits per heavy atom. The average molecular weight is 574 g/mol. The van der Waals surface area contributed by atoms with Crippen LogP contribution < -0.4 is 0 Å². The number of aliphatic hydroxyl groups excluding tert-OH is 1. The summed E-state index contributed by atoms with van der Waals surface area (Å²) in [6.07, 6.45) is 2.27. The summed E-state index contributed by atoms with van der Waals surface area (Å²) in [5.74, 6) is -2.15. The van der Waals surface area contributed by atoms with Gasteiger partial charge in [0.05, 0.1) is 42.3 Å². The molecule has 224 valence electrons. The van der Waals surface area contributed by atoms with E-state index < -0.39 is 71.0 Å². The summed E-state index contributed by atoms with van der Waals surface area (Å²) in [6.45, 7) is 7.62. The number of aliphatic hydroxyl groups is 1. The summed E-state index contributed by atoms with van der Waals surface area (Å²) in [6, 6.07) is 3.28. The molecule has 41 heavy (non-hydrogen) atoms. The maximum Gasteiger partial charge on any atom is 0.340 e. The number of ether oxygens (including phenoxy) is 6. The molecule has 1 aromatic rings. The molecule has 0 radical (unpaired) electrons. The van der Waals surface area contributed by atoms with Gasteiger partial charge in [0.1, 0.15) is 24.4 Å². The number of carbonyl (C=O) groups excluding carboxylic acids is 3. The van der Waals surface area contributed by atoms with E-state index in [0.717, 1.165) is 19.3 Å². The summed E-state index contributed by atoms with van der Waals surface area (Å²) in [5, 5.41) is 11.9. The van der Waals surface area contributed by atoms with Gasteiger partial charge in [0.15, 0.2) is 6.29 Å². The second-order valence-corrected chi connectivity index (χ2v) is 12.7. The van der Waals surface area contributed by atoms with Crippen LogP contribution in [-0.4, -0.2) is 84.1 Å². The molecule has 11 atom stereocenters. The molecule has 1 N–H and O–H groups in total. The Bertz CT molecular complexity index is 1190. The van der Waals surface area contributed by atoms with Crippen molar-refractivity contribution >= 4 is 17.9 Å². The summed E-state index contributed by atoms with van der Waals surface area (Å²) < 4.78 is 36.1. The molecule has 11 heteroatoms. The standard InChI is InChI=1S/C30H39NO10/c1-16-11-22(39-18(3)33)30(15-37-17(2)32)21(8-5-9-29(30)14-38-29)28(16,4)25-24(34)23-20(13-36-27(23)41-25)40-26(35)19-7-6-10-31-12-19/h6-7,10,12,16,20-25,27,34H,5,8-9,11,13-15H2,1-4H3/t16-,20-,21-,22+,23-,24+,25?,27+,28+,29+,30+/m1/s1. The zero-order chi connectivity index (χ0) is 29.2. The van der Waals surface area contributed by atoms with Gasteiger partial charge in [-0.05, 0) is 43.2 Å². The number of hydrogen-bond donors (Lipinski definition) is 1. The molecule has 0 bridgehead atoms. The van der Waals surface area contributed by atoms with Gasteiger partial charge in [-0.25, -0.2) is 4.79 Å². The van der Waals surface area contributed by atoms with E-state index in [4.69, 9.17) is 28.4 Å². The molecule has 4 heterocycles. The lowest BCUT2D eigenvalue weighted by molar-refractivity contribution is -0.261. The number of epoxide rings is 1. The molecule has 11 nitrogen and oxygen atoms in total. The highest BCUT2D eigenvalue weighted by atomic mass is 16.7. The molecule has 1 aromatic heterocycles. The van der Waals surface area contributed by atoms with Gasteiger partial charge in [0.2, 0.25) is 0 Å². The fourth-order valence-corrected chi connectivity index (χ4v) is 8.63. The molecule has 5 aliphatic rings. The van der Waals surface area contributed by atoms with Crippen LogP contribution in [0.15, 0.2) is 24.5 Å². The van der Waals surface area contributed by atoms with Gasteiger partial charge in [-0.15, -0.1) is 0 Å². The van der Waals surface area contributed by atoms with Gasteiger partial charge in [-0.3, -0.25) is 14.6 Å². The molecule has 1 unspecified atom stereocenters. The second kappa shape index (κ2) is 10.3. The Labute approximate surface area is 239 Å². The molecule has 2 aliphatic carbocycles. The molecule has 5 fully saturated rings. The molecule has 1 spiro atoms. The highest BCUT2D eigenvalue weighted by Crippen LogP contribution is 2.70. The third kappa shape index (κ3) is 4.38. The normalized spacial score (nSPS) is 44.5. The lowest BCUT2D eigenvalue weighted by Crippen LogP contribution is -2.70. The van der Waals surface area contributed by atoms with Crippen LogP contribution in [0.5, 0.6) is 0 Å². The predicted octanol–water partition coefficient (Wildman–Crippen LogP) is 2.44. The van der Waals surface area contributed by atoms with Crippen molar-refractivity contribution in [1.82, 2.24) is 4.98 Å². The van der Waals surface area contributed by atoms with E-state index >= 15 is 0 Å². The highest BCUT2D eigenvalue weighted by molar-refractivity contribution is 5.89. The molecule has 3 saturated heterocycles. The van der Waals surface area contributed by atoms with E-state index in [1.807, 2.05) is 0 Å². The number of fused-ring (bicyclic) bond motifs is 3. The van der Waals surface area contributed by atoms with E-state index in [1.54, 1.807) is 18.3 Å². The quantitative estimate of drug-likeness (QED) is 0.304. The number of aromatic nitrogens is 1. The highest BCUT2D eigenvalue weighted by Gasteiger charge is 2.77. The van der Waals surface area contributed by atoms with Crippen LogP contribution in [-0.2, 0) is 38.0 Å². The first kappa shape index (κ1) is 28.5. The third-order valence-electron chi connectivity index (χ3n) is 10.7. The number of rotatable bonds is 6. The Hall–Kier alpha value is -2.60. The van der Waals surface area contributed by atoms with Gasteiger partial charge < -0.3 is 33.5 Å². The minimum absolute atomic E-state index is 0.0464. The molecular formula is C30H39NO10. The summed E-state index contributed by atoms with van der Waals surface area (Å²) in [7, 11) is 0. The Kier molecular flexibility index (Phi) is 7.16. The summed E-state index contributed by atoms with van der Waals surface area (Å²) >= 11 is 0. The fourth-order valence-electron chi connectivity index (χ4n) is 8.63. The second-order valence-electron chi connectivity index (χ2n) is 12.7. The minimum Gasteiger partial charge on any atom is -0.465 e. The van der Waals surface area contributed by atoms with Gasteiger partial charge in [0, 0.05) is 31.7 Å². The molecule has 0 aromatic carbocycles. The van der Waals surface area contributed by atoms with E-state index in [1.165, 1.54) is 20.0 Å². The largest absolute Gasteiger partial charge is 0.465 e. The first-order chi connectivity index (χ1) is 19.5. The van der Waals surface area contributed by atoms with Crippen molar-refractivity contribution in [2.75, 3.05) is 19.8 Å². The van der Waals surface area contributed by atoms with E-state index in [0.29, 0.717) is 18.6 Å². The topological polar surface area (TPSA) is 143 Å². The smallest absolute Gasteiger partial charge is 0.340 e. The van der Waals surface area contributed by atoms with Crippen molar-refractivity contribution in [3.05, 3.63) is 30.1 Å². The van der Waals surface area contributed by atoms with Crippen LogP contribution in [0.3, 0.4) is 0 Å². The Balaban J connectivity index is 1.33. The maximum atomic E-state index is 12.8. The predicted molar refractivity (Wildman–Crippen MR) is 140 cm³/mol. The molecule has 6 rings (SSSR count). The maximum absolute atomic E-state index is 12.8. The van der Waals surface area contributed by atoms with Crippen molar-refractivity contribution in [3.8, 4) is 0 Å². The Morgan fingerprint density at radius 1 is 1.20 bits per heavy atom. The number of carbonyl (C=O) groups is 3. The van der Waals surface area contributed by atoms with Crippen LogP contribution in [0.1, 0.15) is 63.7 Å². The SMILES string of the molecule is CC(=O)OC[C@@]12[C@@H](OC(C)=O)C[C@@H](C)[C@](C)(C3O[C@@H]4OC[C@@H](OC(=O)c5cccnc5)[C@@H]4[C@@H]3O)[C@H]1CCC[C@]21CO1. The van der Waals surface area contributed by atoms with E-state index in [2.05, 4.69) is 18.8 Å².